The lowest BCUT2D eigenvalue weighted by Gasteiger charge is -2.29. The van der Waals surface area contributed by atoms with Crippen LogP contribution in [-0.4, -0.2) is 15.3 Å². The van der Waals surface area contributed by atoms with Crippen molar-refractivity contribution in [2.75, 3.05) is 0 Å². The number of imidazole rings is 1. The second kappa shape index (κ2) is 4.04. The highest BCUT2D eigenvalue weighted by Crippen LogP contribution is 2.32. The van der Waals surface area contributed by atoms with Crippen LogP contribution < -0.4 is 0 Å². The topological polar surface area (TPSA) is 34.9 Å². The zero-order valence-corrected chi connectivity index (χ0v) is 10.4. The standard InChI is InChI=1S/C13H20N2O/c1-10-14-8-9-15(10)13(2,3)12(16)11-6-4-5-7-11/h8-9,11H,4-7H2,1-3H3. The minimum Gasteiger partial charge on any atom is -0.322 e. The molecule has 0 bridgehead atoms. The van der Waals surface area contributed by atoms with Crippen LogP contribution in [0.4, 0.5) is 0 Å². The van der Waals surface area contributed by atoms with E-state index in [1.165, 1.54) is 12.8 Å². The van der Waals surface area contributed by atoms with Crippen LogP contribution in [0.15, 0.2) is 12.4 Å². The lowest BCUT2D eigenvalue weighted by Crippen LogP contribution is -2.39. The van der Waals surface area contributed by atoms with Gasteiger partial charge in [0.2, 0.25) is 0 Å². The van der Waals surface area contributed by atoms with Crippen molar-refractivity contribution in [2.24, 2.45) is 5.92 Å². The summed E-state index contributed by atoms with van der Waals surface area (Å²) in [5.41, 5.74) is -0.449. The molecule has 0 amide bonds. The molecule has 1 heterocycles. The van der Waals surface area contributed by atoms with Crippen LogP contribution >= 0.6 is 0 Å². The molecule has 2 rings (SSSR count). The van der Waals surface area contributed by atoms with E-state index in [1.807, 2.05) is 31.5 Å². The Morgan fingerprint density at radius 2 is 2.06 bits per heavy atom. The molecular weight excluding hydrogens is 200 g/mol. The number of hydrogen-bond donors (Lipinski definition) is 0. The molecule has 1 aromatic heterocycles. The first-order chi connectivity index (χ1) is 7.53. The second-order valence-corrected chi connectivity index (χ2v) is 5.25. The van der Waals surface area contributed by atoms with E-state index in [1.54, 1.807) is 6.20 Å². The van der Waals surface area contributed by atoms with Gasteiger partial charge in [0.25, 0.3) is 0 Å². The van der Waals surface area contributed by atoms with Gasteiger partial charge in [0.1, 0.15) is 5.82 Å². The Kier molecular flexibility index (Phi) is 2.87. The molecule has 0 unspecified atom stereocenters. The van der Waals surface area contributed by atoms with Crippen LogP contribution in [0.2, 0.25) is 0 Å². The molecule has 0 atom stereocenters. The SMILES string of the molecule is Cc1nccn1C(C)(C)C(=O)C1CCCC1. The molecule has 0 saturated heterocycles. The zero-order chi connectivity index (χ0) is 11.8. The fourth-order valence-electron chi connectivity index (χ4n) is 2.78. The Hall–Kier alpha value is -1.12. The first-order valence-corrected chi connectivity index (χ1v) is 6.08. The maximum Gasteiger partial charge on any atom is 0.161 e. The van der Waals surface area contributed by atoms with Gasteiger partial charge in [-0.25, -0.2) is 4.98 Å². The maximum absolute atomic E-state index is 12.5. The van der Waals surface area contributed by atoms with Crippen molar-refractivity contribution in [2.45, 2.75) is 52.0 Å². The molecule has 1 saturated carbocycles. The largest absolute Gasteiger partial charge is 0.322 e. The summed E-state index contributed by atoms with van der Waals surface area (Å²) in [5, 5.41) is 0. The molecule has 1 aliphatic carbocycles. The number of carbonyl (C=O) groups is 1. The summed E-state index contributed by atoms with van der Waals surface area (Å²) in [7, 11) is 0. The van der Waals surface area contributed by atoms with Crippen LogP contribution in [0.5, 0.6) is 0 Å². The van der Waals surface area contributed by atoms with Gasteiger partial charge in [-0.3, -0.25) is 4.79 Å². The normalized spacial score (nSPS) is 17.9. The van der Waals surface area contributed by atoms with Crippen molar-refractivity contribution in [1.29, 1.82) is 0 Å². The summed E-state index contributed by atoms with van der Waals surface area (Å²) in [6, 6.07) is 0. The van der Waals surface area contributed by atoms with Crippen molar-refractivity contribution in [3.8, 4) is 0 Å². The lowest BCUT2D eigenvalue weighted by molar-refractivity contribution is -0.130. The van der Waals surface area contributed by atoms with E-state index in [-0.39, 0.29) is 5.92 Å². The molecule has 0 N–H and O–H groups in total. The summed E-state index contributed by atoms with van der Waals surface area (Å²) in [6.07, 6.45) is 8.21. The molecule has 88 valence electrons. The fraction of sp³-hybridized carbons (Fsp3) is 0.692. The summed E-state index contributed by atoms with van der Waals surface area (Å²) >= 11 is 0. The van der Waals surface area contributed by atoms with Crippen LogP contribution in [0, 0.1) is 12.8 Å². The Morgan fingerprint density at radius 3 is 2.56 bits per heavy atom. The first-order valence-electron chi connectivity index (χ1n) is 6.08. The Bertz CT molecular complexity index is 386. The van der Waals surface area contributed by atoms with Gasteiger partial charge in [-0.05, 0) is 33.6 Å². The first kappa shape index (κ1) is 11.4. The molecule has 0 aromatic carbocycles. The molecule has 1 aromatic rings. The third-order valence-electron chi connectivity index (χ3n) is 3.76. The van der Waals surface area contributed by atoms with E-state index in [9.17, 15) is 4.79 Å². The van der Waals surface area contributed by atoms with Crippen molar-refractivity contribution in [3.63, 3.8) is 0 Å². The third kappa shape index (κ3) is 1.79. The van der Waals surface area contributed by atoms with E-state index in [0.717, 1.165) is 18.7 Å². The van der Waals surface area contributed by atoms with Gasteiger partial charge in [-0.1, -0.05) is 12.8 Å². The molecule has 1 fully saturated rings. The van der Waals surface area contributed by atoms with Crippen LogP contribution in [0.3, 0.4) is 0 Å². The van der Waals surface area contributed by atoms with Gasteiger partial charge in [0.15, 0.2) is 5.78 Å². The summed E-state index contributed by atoms with van der Waals surface area (Å²) in [5.74, 6) is 1.54. The minimum absolute atomic E-state index is 0.261. The number of Topliss-reactive ketones (excluding diaryl/α,β-unsaturated/α-hetero) is 1. The van der Waals surface area contributed by atoms with E-state index in [2.05, 4.69) is 4.98 Å². The van der Waals surface area contributed by atoms with Crippen LogP contribution in [-0.2, 0) is 10.3 Å². The average molecular weight is 220 g/mol. The molecule has 3 heteroatoms. The molecule has 0 aliphatic heterocycles. The van der Waals surface area contributed by atoms with E-state index < -0.39 is 5.54 Å². The summed E-state index contributed by atoms with van der Waals surface area (Å²) in [4.78, 5) is 16.7. The molecular formula is C13H20N2O. The minimum atomic E-state index is -0.449. The van der Waals surface area contributed by atoms with Gasteiger partial charge in [-0.15, -0.1) is 0 Å². The number of aryl methyl sites for hydroxylation is 1. The molecule has 3 nitrogen and oxygen atoms in total. The summed E-state index contributed by atoms with van der Waals surface area (Å²) < 4.78 is 1.99. The van der Waals surface area contributed by atoms with Gasteiger partial charge >= 0.3 is 0 Å². The Labute approximate surface area is 96.9 Å². The molecule has 16 heavy (non-hydrogen) atoms. The van der Waals surface area contributed by atoms with Gasteiger partial charge in [0.05, 0.1) is 5.54 Å². The smallest absolute Gasteiger partial charge is 0.161 e. The van der Waals surface area contributed by atoms with E-state index in [0.29, 0.717) is 5.78 Å². The highest BCUT2D eigenvalue weighted by molar-refractivity contribution is 5.88. The van der Waals surface area contributed by atoms with Crippen LogP contribution in [0.25, 0.3) is 0 Å². The fourth-order valence-corrected chi connectivity index (χ4v) is 2.78. The molecule has 1 aliphatic rings. The van der Waals surface area contributed by atoms with Crippen molar-refractivity contribution < 1.29 is 4.79 Å². The Morgan fingerprint density at radius 1 is 1.44 bits per heavy atom. The highest BCUT2D eigenvalue weighted by Gasteiger charge is 2.36. The highest BCUT2D eigenvalue weighted by atomic mass is 16.1. The molecule has 0 spiro atoms. The number of nitrogens with zero attached hydrogens (tertiary/aromatic N) is 2. The van der Waals surface area contributed by atoms with Crippen molar-refractivity contribution >= 4 is 5.78 Å². The Balaban J connectivity index is 2.24. The maximum atomic E-state index is 12.5. The van der Waals surface area contributed by atoms with E-state index >= 15 is 0 Å². The average Bonchev–Trinajstić information content (AvgIpc) is 2.86. The van der Waals surface area contributed by atoms with Gasteiger partial charge in [-0.2, -0.15) is 0 Å². The monoisotopic (exact) mass is 220 g/mol. The van der Waals surface area contributed by atoms with Crippen molar-refractivity contribution in [1.82, 2.24) is 9.55 Å². The number of rotatable bonds is 3. The van der Waals surface area contributed by atoms with Gasteiger partial charge < -0.3 is 4.57 Å². The quantitative estimate of drug-likeness (QED) is 0.785. The second-order valence-electron chi connectivity index (χ2n) is 5.25. The summed E-state index contributed by atoms with van der Waals surface area (Å²) in [6.45, 7) is 5.95. The van der Waals surface area contributed by atoms with E-state index in [4.69, 9.17) is 0 Å². The lowest BCUT2D eigenvalue weighted by atomic mass is 9.87. The molecule has 0 radical (unpaired) electrons. The van der Waals surface area contributed by atoms with Crippen molar-refractivity contribution in [3.05, 3.63) is 18.2 Å². The van der Waals surface area contributed by atoms with Gasteiger partial charge in [0, 0.05) is 18.3 Å². The predicted molar refractivity (Wildman–Crippen MR) is 63.3 cm³/mol. The number of carbonyl (C=O) groups excluding carboxylic acids is 1. The predicted octanol–water partition coefficient (Wildman–Crippen LogP) is 2.69. The third-order valence-corrected chi connectivity index (χ3v) is 3.76. The number of ketones is 1. The zero-order valence-electron chi connectivity index (χ0n) is 10.4. The number of hydrogen-bond acceptors (Lipinski definition) is 2. The number of aromatic nitrogens is 2. The van der Waals surface area contributed by atoms with Crippen LogP contribution in [0.1, 0.15) is 45.4 Å².